The zero-order valence-electron chi connectivity index (χ0n) is 26.7. The Morgan fingerprint density at radius 2 is 0.720 bits per heavy atom. The van der Waals surface area contributed by atoms with E-state index in [1.54, 1.807) is 0 Å². The normalized spacial score (nSPS) is 11.6. The molecule has 5 heteroatoms. The molecule has 5 nitrogen and oxygen atoms in total. The van der Waals surface area contributed by atoms with Crippen LogP contribution >= 0.6 is 0 Å². The number of fused-ring (bicyclic) bond motifs is 6. The van der Waals surface area contributed by atoms with Gasteiger partial charge in [0.1, 0.15) is 22.3 Å². The molecular formula is C45H27N3O2. The van der Waals surface area contributed by atoms with E-state index in [0.29, 0.717) is 17.5 Å². The second-order valence-electron chi connectivity index (χ2n) is 12.4. The molecule has 0 saturated heterocycles. The molecule has 0 atom stereocenters. The third-order valence-electron chi connectivity index (χ3n) is 9.37. The SMILES string of the molecule is c1ccc(-c2cccc(-c3ccccc3-c3nc(-c4cccc5c4oc4ccccc45)nc(-c4cccc5c4oc4ccccc45)n3)c2)cc1. The highest BCUT2D eigenvalue weighted by Gasteiger charge is 2.21. The van der Waals surface area contributed by atoms with Crippen molar-refractivity contribution in [3.8, 4) is 56.4 Å². The summed E-state index contributed by atoms with van der Waals surface area (Å²) in [7, 11) is 0. The monoisotopic (exact) mass is 641 g/mol. The molecule has 0 N–H and O–H groups in total. The summed E-state index contributed by atoms with van der Waals surface area (Å²) < 4.78 is 12.9. The van der Waals surface area contributed by atoms with Crippen molar-refractivity contribution < 1.29 is 8.83 Å². The smallest absolute Gasteiger partial charge is 0.167 e. The Bertz CT molecular complexity index is 2750. The Morgan fingerprint density at radius 1 is 0.300 bits per heavy atom. The molecule has 7 aromatic carbocycles. The quantitative estimate of drug-likeness (QED) is 0.187. The number of hydrogen-bond acceptors (Lipinski definition) is 5. The zero-order valence-corrected chi connectivity index (χ0v) is 26.7. The molecule has 3 aromatic heterocycles. The molecule has 0 spiro atoms. The molecule has 0 aliphatic rings. The third-order valence-corrected chi connectivity index (χ3v) is 9.37. The summed E-state index contributed by atoms with van der Waals surface area (Å²) in [5.74, 6) is 1.61. The van der Waals surface area contributed by atoms with Gasteiger partial charge in [-0.15, -0.1) is 0 Å². The van der Waals surface area contributed by atoms with E-state index >= 15 is 0 Å². The maximum atomic E-state index is 6.47. The summed E-state index contributed by atoms with van der Waals surface area (Å²) in [5, 5.41) is 4.13. The standard InChI is InChI=1S/C45H27N3O2/c1-2-13-28(14-3-1)29-15-10-16-30(27-29)31-17-4-5-20-36(31)43-46-44(37-23-11-21-34-32-18-6-8-25-39(32)49-41(34)37)48-45(47-43)38-24-12-22-35-33-19-7-9-26-40(33)50-42(35)38/h1-27H. The lowest BCUT2D eigenvalue weighted by atomic mass is 9.95. The fraction of sp³-hybridized carbons (Fsp3) is 0. The molecule has 0 saturated carbocycles. The van der Waals surface area contributed by atoms with Gasteiger partial charge < -0.3 is 8.83 Å². The van der Waals surface area contributed by atoms with Gasteiger partial charge in [0.15, 0.2) is 17.5 Å². The Labute approximate surface area is 287 Å². The van der Waals surface area contributed by atoms with Crippen LogP contribution in [0.2, 0.25) is 0 Å². The molecule has 0 aliphatic carbocycles. The van der Waals surface area contributed by atoms with Crippen molar-refractivity contribution >= 4 is 43.9 Å². The fourth-order valence-corrected chi connectivity index (χ4v) is 7.01. The van der Waals surface area contributed by atoms with E-state index in [1.807, 2.05) is 72.8 Å². The lowest BCUT2D eigenvalue weighted by Gasteiger charge is -2.13. The van der Waals surface area contributed by atoms with Crippen LogP contribution in [-0.2, 0) is 0 Å². The van der Waals surface area contributed by atoms with E-state index in [-0.39, 0.29) is 0 Å². The average molecular weight is 642 g/mol. The summed E-state index contributed by atoms with van der Waals surface area (Å²) in [5.41, 5.74) is 10.0. The van der Waals surface area contributed by atoms with E-state index < -0.39 is 0 Å². The van der Waals surface area contributed by atoms with Crippen LogP contribution in [0.25, 0.3) is 100 Å². The first-order valence-electron chi connectivity index (χ1n) is 16.6. The number of furan rings is 2. The van der Waals surface area contributed by atoms with Crippen LogP contribution in [0, 0.1) is 0 Å². The number of rotatable bonds is 5. The van der Waals surface area contributed by atoms with Gasteiger partial charge in [0.2, 0.25) is 0 Å². The minimum Gasteiger partial charge on any atom is -0.455 e. The van der Waals surface area contributed by atoms with Crippen molar-refractivity contribution in [3.05, 3.63) is 164 Å². The average Bonchev–Trinajstić information content (AvgIpc) is 3.77. The van der Waals surface area contributed by atoms with Crippen molar-refractivity contribution in [1.29, 1.82) is 0 Å². The maximum Gasteiger partial charge on any atom is 0.167 e. The van der Waals surface area contributed by atoms with E-state index in [9.17, 15) is 0 Å². The van der Waals surface area contributed by atoms with E-state index in [0.717, 1.165) is 82.8 Å². The topological polar surface area (TPSA) is 65.0 Å². The van der Waals surface area contributed by atoms with Gasteiger partial charge in [-0.3, -0.25) is 0 Å². The predicted molar refractivity (Wildman–Crippen MR) is 202 cm³/mol. The number of aromatic nitrogens is 3. The van der Waals surface area contributed by atoms with Crippen LogP contribution in [0.4, 0.5) is 0 Å². The third kappa shape index (κ3) is 4.60. The summed E-state index contributed by atoms with van der Waals surface area (Å²) in [6, 6.07) is 55.8. The first-order chi connectivity index (χ1) is 24.8. The first-order valence-corrected chi connectivity index (χ1v) is 16.6. The number of hydrogen-bond donors (Lipinski definition) is 0. The molecule has 0 amide bonds. The van der Waals surface area contributed by atoms with Gasteiger partial charge in [0.25, 0.3) is 0 Å². The van der Waals surface area contributed by atoms with E-state index in [1.165, 1.54) is 0 Å². The van der Waals surface area contributed by atoms with Crippen LogP contribution in [0.15, 0.2) is 173 Å². The molecular weight excluding hydrogens is 615 g/mol. The van der Waals surface area contributed by atoms with Crippen molar-refractivity contribution in [2.45, 2.75) is 0 Å². The lowest BCUT2D eigenvalue weighted by Crippen LogP contribution is -2.01. The van der Waals surface area contributed by atoms with Crippen LogP contribution in [-0.4, -0.2) is 15.0 Å². The molecule has 3 heterocycles. The molecule has 0 bridgehead atoms. The van der Waals surface area contributed by atoms with Gasteiger partial charge in [-0.05, 0) is 52.6 Å². The molecule has 0 aliphatic heterocycles. The van der Waals surface area contributed by atoms with E-state index in [2.05, 4.69) is 91.0 Å². The minimum absolute atomic E-state index is 0.524. The minimum atomic E-state index is 0.524. The van der Waals surface area contributed by atoms with Gasteiger partial charge in [0, 0.05) is 27.1 Å². The molecule has 234 valence electrons. The van der Waals surface area contributed by atoms with Crippen molar-refractivity contribution in [2.75, 3.05) is 0 Å². The molecule has 10 aromatic rings. The van der Waals surface area contributed by atoms with Gasteiger partial charge >= 0.3 is 0 Å². The molecule has 0 radical (unpaired) electrons. The van der Waals surface area contributed by atoms with Crippen molar-refractivity contribution in [3.63, 3.8) is 0 Å². The van der Waals surface area contributed by atoms with Crippen LogP contribution in [0.1, 0.15) is 0 Å². The van der Waals surface area contributed by atoms with Gasteiger partial charge in [0.05, 0.1) is 11.1 Å². The largest absolute Gasteiger partial charge is 0.455 e. The number of nitrogens with zero attached hydrogens (tertiary/aromatic N) is 3. The number of para-hydroxylation sites is 4. The van der Waals surface area contributed by atoms with Crippen LogP contribution in [0.3, 0.4) is 0 Å². The summed E-state index contributed by atoms with van der Waals surface area (Å²) >= 11 is 0. The summed E-state index contributed by atoms with van der Waals surface area (Å²) in [6.07, 6.45) is 0. The van der Waals surface area contributed by atoms with Gasteiger partial charge in [-0.1, -0.05) is 133 Å². The van der Waals surface area contributed by atoms with Gasteiger partial charge in [-0.25, -0.2) is 15.0 Å². The van der Waals surface area contributed by atoms with E-state index in [4.69, 9.17) is 23.8 Å². The Hall–Kier alpha value is -6.85. The Kier molecular flexibility index (Phi) is 6.42. The number of benzene rings is 7. The predicted octanol–water partition coefficient (Wildman–Crippen LogP) is 12.0. The molecule has 0 unspecified atom stereocenters. The van der Waals surface area contributed by atoms with Crippen LogP contribution < -0.4 is 0 Å². The highest BCUT2D eigenvalue weighted by molar-refractivity contribution is 6.10. The molecule has 50 heavy (non-hydrogen) atoms. The zero-order chi connectivity index (χ0) is 33.0. The highest BCUT2D eigenvalue weighted by Crippen LogP contribution is 2.39. The Balaban J connectivity index is 1.23. The molecule has 10 rings (SSSR count). The first kappa shape index (κ1) is 28.2. The second-order valence-corrected chi connectivity index (χ2v) is 12.4. The Morgan fingerprint density at radius 3 is 1.34 bits per heavy atom. The fourth-order valence-electron chi connectivity index (χ4n) is 7.01. The van der Waals surface area contributed by atoms with Gasteiger partial charge in [-0.2, -0.15) is 0 Å². The highest BCUT2D eigenvalue weighted by atomic mass is 16.3. The molecule has 0 fully saturated rings. The second kappa shape index (κ2) is 11.4. The van der Waals surface area contributed by atoms with Crippen molar-refractivity contribution in [2.24, 2.45) is 0 Å². The maximum absolute atomic E-state index is 6.47. The summed E-state index contributed by atoms with van der Waals surface area (Å²) in [6.45, 7) is 0. The lowest BCUT2D eigenvalue weighted by molar-refractivity contribution is 0.669. The van der Waals surface area contributed by atoms with Crippen molar-refractivity contribution in [1.82, 2.24) is 15.0 Å². The van der Waals surface area contributed by atoms with Crippen LogP contribution in [0.5, 0.6) is 0 Å². The summed E-state index contributed by atoms with van der Waals surface area (Å²) in [4.78, 5) is 15.5.